The Morgan fingerprint density at radius 3 is 2.92 bits per heavy atom. The molecule has 0 spiro atoms. The van der Waals surface area contributed by atoms with Gasteiger partial charge in [-0.25, -0.2) is 13.2 Å². The van der Waals surface area contributed by atoms with Gasteiger partial charge < -0.3 is 4.42 Å². The first-order valence-corrected chi connectivity index (χ1v) is 9.65. The summed E-state index contributed by atoms with van der Waals surface area (Å²) in [6.07, 6.45) is 3.58. The minimum Gasteiger partial charge on any atom is -0.408 e. The smallest absolute Gasteiger partial charge is 0.408 e. The van der Waals surface area contributed by atoms with E-state index in [0.717, 1.165) is 13.1 Å². The molecule has 1 aromatic heterocycles. The van der Waals surface area contributed by atoms with E-state index >= 15 is 0 Å². The predicted molar refractivity (Wildman–Crippen MR) is 91.5 cm³/mol. The highest BCUT2D eigenvalue weighted by Gasteiger charge is 2.24. The quantitative estimate of drug-likeness (QED) is 0.883. The number of H-pyrrole nitrogens is 1. The summed E-state index contributed by atoms with van der Waals surface area (Å²) in [5.41, 5.74) is 0.739. The molecular formula is C16H23N3O4S. The molecule has 0 bridgehead atoms. The number of aromatic amines is 1. The lowest BCUT2D eigenvalue weighted by molar-refractivity contribution is 0.154. The summed E-state index contributed by atoms with van der Waals surface area (Å²) in [7, 11) is -2.01. The number of hydrogen-bond donors (Lipinski definition) is 1. The van der Waals surface area contributed by atoms with Crippen LogP contribution >= 0.6 is 0 Å². The zero-order valence-electron chi connectivity index (χ0n) is 14.0. The monoisotopic (exact) mass is 353 g/mol. The minimum atomic E-state index is -3.60. The molecule has 0 saturated carbocycles. The molecule has 2 aromatic rings. The first kappa shape index (κ1) is 17.2. The van der Waals surface area contributed by atoms with E-state index in [1.807, 2.05) is 0 Å². The van der Waals surface area contributed by atoms with Crippen LogP contribution in [0.3, 0.4) is 0 Å². The van der Waals surface area contributed by atoms with Gasteiger partial charge in [-0.2, -0.15) is 4.31 Å². The fraction of sp³-hybridized carbons (Fsp3) is 0.562. The van der Waals surface area contributed by atoms with Crippen molar-refractivity contribution >= 4 is 21.1 Å². The average molecular weight is 353 g/mol. The maximum atomic E-state index is 12.7. The second-order valence-corrected chi connectivity index (χ2v) is 8.42. The number of hydrogen-bond acceptors (Lipinski definition) is 5. The molecular weight excluding hydrogens is 330 g/mol. The highest BCUT2D eigenvalue weighted by atomic mass is 32.2. The van der Waals surface area contributed by atoms with Crippen molar-refractivity contribution in [3.63, 3.8) is 0 Å². The number of nitrogens with one attached hydrogen (secondary N) is 1. The van der Waals surface area contributed by atoms with Gasteiger partial charge in [0.15, 0.2) is 5.58 Å². The fourth-order valence-corrected chi connectivity index (χ4v) is 4.34. The van der Waals surface area contributed by atoms with E-state index in [0.29, 0.717) is 23.7 Å². The molecule has 3 rings (SSSR count). The Bertz CT molecular complexity index is 871. The highest BCUT2D eigenvalue weighted by molar-refractivity contribution is 7.89. The van der Waals surface area contributed by atoms with Crippen LogP contribution in [-0.4, -0.2) is 55.3 Å². The van der Waals surface area contributed by atoms with Gasteiger partial charge in [0.1, 0.15) is 0 Å². The molecule has 8 heteroatoms. The summed E-state index contributed by atoms with van der Waals surface area (Å²) in [6, 6.07) is 4.91. The van der Waals surface area contributed by atoms with Crippen molar-refractivity contribution in [3.05, 3.63) is 28.7 Å². The molecule has 0 aliphatic carbocycles. The number of nitrogens with zero attached hydrogens (tertiary/aromatic N) is 2. The number of piperidine rings is 1. The average Bonchev–Trinajstić information content (AvgIpc) is 2.92. The van der Waals surface area contributed by atoms with Gasteiger partial charge in [0.2, 0.25) is 10.0 Å². The van der Waals surface area contributed by atoms with Gasteiger partial charge in [0.25, 0.3) is 0 Å². The Hall–Kier alpha value is -1.64. The van der Waals surface area contributed by atoms with Crippen LogP contribution in [0.2, 0.25) is 0 Å². The number of likely N-dealkylation sites (tertiary alicyclic amines) is 1. The molecule has 1 fully saturated rings. The predicted octanol–water partition coefficient (Wildman–Crippen LogP) is 1.62. The molecule has 0 radical (unpaired) electrons. The molecule has 2 heterocycles. The number of oxazole rings is 1. The van der Waals surface area contributed by atoms with Gasteiger partial charge in [-0.05, 0) is 44.5 Å². The maximum absolute atomic E-state index is 12.7. The number of aromatic nitrogens is 1. The van der Waals surface area contributed by atoms with E-state index in [4.69, 9.17) is 4.42 Å². The Morgan fingerprint density at radius 1 is 1.38 bits per heavy atom. The molecule has 1 unspecified atom stereocenters. The van der Waals surface area contributed by atoms with E-state index in [-0.39, 0.29) is 4.90 Å². The molecule has 1 aliphatic heterocycles. The van der Waals surface area contributed by atoms with Crippen LogP contribution < -0.4 is 5.76 Å². The number of sulfonamides is 1. The second kappa shape index (κ2) is 6.70. The minimum absolute atomic E-state index is 0.154. The van der Waals surface area contributed by atoms with Gasteiger partial charge in [0, 0.05) is 26.2 Å². The van der Waals surface area contributed by atoms with Gasteiger partial charge in [-0.15, -0.1) is 0 Å². The number of likely N-dealkylation sites (N-methyl/N-ethyl adjacent to an activating group) is 1. The van der Waals surface area contributed by atoms with Gasteiger partial charge >= 0.3 is 5.76 Å². The number of fused-ring (bicyclic) bond motifs is 1. The SMILES string of the molecule is CC1CCCCN1CCN(C)S(=O)(=O)c1ccc2oc(=O)[nH]c2c1. The van der Waals surface area contributed by atoms with Crippen molar-refractivity contribution in [2.75, 3.05) is 26.7 Å². The first-order chi connectivity index (χ1) is 11.4. The molecule has 0 amide bonds. The standard InChI is InChI=1S/C16H23N3O4S/c1-12-5-3-4-8-19(12)10-9-18(2)24(21,22)13-6-7-15-14(11-13)17-16(20)23-15/h6-7,11-12H,3-5,8-10H2,1-2H3,(H,17,20). The lowest BCUT2D eigenvalue weighted by Gasteiger charge is -2.34. The van der Waals surface area contributed by atoms with Crippen LogP contribution in [0.1, 0.15) is 26.2 Å². The maximum Gasteiger partial charge on any atom is 0.417 e. The summed E-state index contributed by atoms with van der Waals surface area (Å²) < 4.78 is 31.7. The van der Waals surface area contributed by atoms with Crippen molar-refractivity contribution in [2.45, 2.75) is 37.1 Å². The largest absolute Gasteiger partial charge is 0.417 e. The Morgan fingerprint density at radius 2 is 2.17 bits per heavy atom. The van der Waals surface area contributed by atoms with Gasteiger partial charge in [-0.1, -0.05) is 6.42 Å². The van der Waals surface area contributed by atoms with Gasteiger partial charge in [-0.3, -0.25) is 9.88 Å². The molecule has 1 aliphatic rings. The molecule has 1 aromatic carbocycles. The lowest BCUT2D eigenvalue weighted by Crippen LogP contribution is -2.42. The Kier molecular flexibility index (Phi) is 4.80. The number of benzene rings is 1. The van der Waals surface area contributed by atoms with Crippen LogP contribution in [0.25, 0.3) is 11.1 Å². The van der Waals surface area contributed by atoms with E-state index in [9.17, 15) is 13.2 Å². The van der Waals surface area contributed by atoms with Crippen LogP contribution in [0, 0.1) is 0 Å². The summed E-state index contributed by atoms with van der Waals surface area (Å²) in [5.74, 6) is -0.591. The molecule has 24 heavy (non-hydrogen) atoms. The van der Waals surface area contributed by atoms with Crippen molar-refractivity contribution < 1.29 is 12.8 Å². The molecule has 7 nitrogen and oxygen atoms in total. The molecule has 1 atom stereocenters. The van der Waals surface area contributed by atoms with Crippen LogP contribution in [0.15, 0.2) is 32.3 Å². The normalized spacial score (nSPS) is 20.0. The fourth-order valence-electron chi connectivity index (χ4n) is 3.15. The topological polar surface area (TPSA) is 86.6 Å². The highest BCUT2D eigenvalue weighted by Crippen LogP contribution is 2.20. The zero-order chi connectivity index (χ0) is 17.3. The van der Waals surface area contributed by atoms with Crippen LogP contribution in [-0.2, 0) is 10.0 Å². The van der Waals surface area contributed by atoms with E-state index in [1.165, 1.54) is 41.8 Å². The van der Waals surface area contributed by atoms with Crippen molar-refractivity contribution in [3.8, 4) is 0 Å². The summed E-state index contributed by atoms with van der Waals surface area (Å²) in [6.45, 7) is 4.38. The summed E-state index contributed by atoms with van der Waals surface area (Å²) >= 11 is 0. The Balaban J connectivity index is 1.74. The first-order valence-electron chi connectivity index (χ1n) is 8.21. The summed E-state index contributed by atoms with van der Waals surface area (Å²) in [5, 5.41) is 0. The third-order valence-corrected chi connectivity index (χ3v) is 6.59. The third kappa shape index (κ3) is 3.40. The lowest BCUT2D eigenvalue weighted by atomic mass is 10.0. The Labute approximate surface area is 141 Å². The summed E-state index contributed by atoms with van der Waals surface area (Å²) in [4.78, 5) is 16.2. The zero-order valence-corrected chi connectivity index (χ0v) is 14.8. The number of rotatable bonds is 5. The van der Waals surface area contributed by atoms with Crippen molar-refractivity contribution in [1.82, 2.24) is 14.2 Å². The molecule has 1 saturated heterocycles. The third-order valence-electron chi connectivity index (χ3n) is 4.74. The van der Waals surface area contributed by atoms with Crippen molar-refractivity contribution in [2.24, 2.45) is 0 Å². The van der Waals surface area contributed by atoms with E-state index in [2.05, 4.69) is 16.8 Å². The van der Waals surface area contributed by atoms with E-state index < -0.39 is 15.8 Å². The van der Waals surface area contributed by atoms with Crippen LogP contribution in [0.4, 0.5) is 0 Å². The van der Waals surface area contributed by atoms with Crippen LogP contribution in [0.5, 0.6) is 0 Å². The van der Waals surface area contributed by atoms with Gasteiger partial charge in [0.05, 0.1) is 10.4 Å². The molecule has 1 N–H and O–H groups in total. The second-order valence-electron chi connectivity index (χ2n) is 6.38. The van der Waals surface area contributed by atoms with E-state index in [1.54, 1.807) is 7.05 Å². The molecule has 132 valence electrons. The van der Waals surface area contributed by atoms with Crippen molar-refractivity contribution in [1.29, 1.82) is 0 Å².